The van der Waals surface area contributed by atoms with Gasteiger partial charge in [0.1, 0.15) is 0 Å². The lowest BCUT2D eigenvalue weighted by Gasteiger charge is -2.07. The molecule has 0 fully saturated rings. The minimum atomic E-state index is 0.898. The first-order valence-corrected chi connectivity index (χ1v) is 6.07. The lowest BCUT2D eigenvalue weighted by atomic mass is 9.97. The fourth-order valence-electron chi connectivity index (χ4n) is 2.05. The van der Waals surface area contributed by atoms with Crippen LogP contribution in [0.2, 0.25) is 0 Å². The molecule has 0 heteroatoms. The minimum Gasteiger partial charge on any atom is -0.115 e. The van der Waals surface area contributed by atoms with E-state index in [9.17, 15) is 0 Å². The first kappa shape index (κ1) is 12.2. The van der Waals surface area contributed by atoms with Gasteiger partial charge in [0.15, 0.2) is 0 Å². The van der Waals surface area contributed by atoms with E-state index >= 15 is 0 Å². The zero-order valence-electron chi connectivity index (χ0n) is 10.6. The zero-order chi connectivity index (χ0) is 12.8. The third-order valence-electron chi connectivity index (χ3n) is 2.95. The average Bonchev–Trinajstić information content (AvgIpc) is 2.42. The third kappa shape index (κ3) is 2.90. The molecule has 0 saturated carbocycles. The van der Waals surface area contributed by atoms with Gasteiger partial charge in [-0.3, -0.25) is 0 Å². The second kappa shape index (κ2) is 5.89. The molecule has 0 bridgehead atoms. The summed E-state index contributed by atoms with van der Waals surface area (Å²) in [7, 11) is 0. The second-order valence-corrected chi connectivity index (χ2v) is 4.33. The van der Waals surface area contributed by atoms with Crippen LogP contribution in [0.5, 0.6) is 0 Å². The molecule has 0 nitrogen and oxygen atoms in total. The Morgan fingerprint density at radius 1 is 0.944 bits per heavy atom. The van der Waals surface area contributed by atoms with Crippen molar-refractivity contribution >= 4 is 5.57 Å². The van der Waals surface area contributed by atoms with Crippen LogP contribution in [0.4, 0.5) is 0 Å². The van der Waals surface area contributed by atoms with Gasteiger partial charge in [0.2, 0.25) is 0 Å². The number of terminal acetylenes is 1. The van der Waals surface area contributed by atoms with Gasteiger partial charge in [0.05, 0.1) is 0 Å². The largest absolute Gasteiger partial charge is 0.115 e. The highest BCUT2D eigenvalue weighted by Crippen LogP contribution is 2.20. The Morgan fingerprint density at radius 2 is 1.50 bits per heavy atom. The van der Waals surface area contributed by atoms with Crippen molar-refractivity contribution in [2.75, 3.05) is 0 Å². The molecule has 18 heavy (non-hydrogen) atoms. The van der Waals surface area contributed by atoms with E-state index < -0.39 is 0 Å². The van der Waals surface area contributed by atoms with Crippen LogP contribution in [0.1, 0.15) is 18.1 Å². The van der Waals surface area contributed by atoms with Gasteiger partial charge in [0, 0.05) is 5.57 Å². The fourth-order valence-corrected chi connectivity index (χ4v) is 2.05. The normalized spacial score (nSPS) is 11.6. The molecule has 0 N–H and O–H groups in total. The molecule has 0 amide bonds. The Bertz CT molecular complexity index is 568. The van der Waals surface area contributed by atoms with Crippen LogP contribution in [-0.2, 0) is 6.42 Å². The maximum absolute atomic E-state index is 5.65. The van der Waals surface area contributed by atoms with Crippen molar-refractivity contribution in [3.8, 4) is 12.3 Å². The smallest absolute Gasteiger partial charge is 0.0307 e. The van der Waals surface area contributed by atoms with E-state index in [1.807, 2.05) is 24.3 Å². The highest BCUT2D eigenvalue weighted by atomic mass is 14.1. The number of benzene rings is 2. The van der Waals surface area contributed by atoms with E-state index in [1.165, 1.54) is 11.1 Å². The monoisotopic (exact) mass is 232 g/mol. The van der Waals surface area contributed by atoms with Crippen molar-refractivity contribution in [3.05, 3.63) is 77.4 Å². The Morgan fingerprint density at radius 3 is 2.06 bits per heavy atom. The molecular weight excluding hydrogens is 216 g/mol. The lowest BCUT2D eigenvalue weighted by molar-refractivity contribution is 1.15. The summed E-state index contributed by atoms with van der Waals surface area (Å²) in [5.74, 6) is 2.82. The Labute approximate surface area is 109 Å². The van der Waals surface area contributed by atoms with Gasteiger partial charge in [-0.15, -0.1) is 6.42 Å². The first-order chi connectivity index (χ1) is 8.81. The molecule has 0 aromatic heterocycles. The van der Waals surface area contributed by atoms with Gasteiger partial charge in [-0.05, 0) is 24.5 Å². The van der Waals surface area contributed by atoms with Crippen molar-refractivity contribution in [1.82, 2.24) is 0 Å². The van der Waals surface area contributed by atoms with Crippen molar-refractivity contribution in [3.63, 3.8) is 0 Å². The molecule has 0 saturated heterocycles. The van der Waals surface area contributed by atoms with Crippen molar-refractivity contribution < 1.29 is 0 Å². The zero-order valence-corrected chi connectivity index (χ0v) is 10.6. The molecule has 0 aliphatic rings. The van der Waals surface area contributed by atoms with Crippen LogP contribution < -0.4 is 0 Å². The Kier molecular flexibility index (Phi) is 3.99. The molecule has 0 atom stereocenters. The predicted octanol–water partition coefficient (Wildman–Crippen LogP) is 4.34. The maximum Gasteiger partial charge on any atom is 0.0307 e. The topological polar surface area (TPSA) is 0 Å². The highest BCUT2D eigenvalue weighted by Gasteiger charge is 2.03. The second-order valence-electron chi connectivity index (χ2n) is 4.33. The summed E-state index contributed by atoms with van der Waals surface area (Å²) in [6.07, 6.45) is 6.55. The minimum absolute atomic E-state index is 0.898. The van der Waals surface area contributed by atoms with Gasteiger partial charge in [-0.1, -0.05) is 72.2 Å². The molecule has 2 aromatic carbocycles. The summed E-state index contributed by atoms with van der Waals surface area (Å²) >= 11 is 0. The van der Waals surface area contributed by atoms with Crippen LogP contribution in [0, 0.1) is 12.3 Å². The van der Waals surface area contributed by atoms with Gasteiger partial charge >= 0.3 is 0 Å². The number of rotatable bonds is 3. The van der Waals surface area contributed by atoms with Crippen molar-refractivity contribution in [1.29, 1.82) is 0 Å². The van der Waals surface area contributed by atoms with Gasteiger partial charge in [0.25, 0.3) is 0 Å². The molecule has 2 rings (SSSR count). The average molecular weight is 232 g/mol. The molecule has 0 aliphatic carbocycles. The first-order valence-electron chi connectivity index (χ1n) is 6.07. The van der Waals surface area contributed by atoms with E-state index in [1.54, 1.807) is 0 Å². The van der Waals surface area contributed by atoms with Gasteiger partial charge < -0.3 is 0 Å². The molecule has 2 aromatic rings. The molecule has 0 unspecified atom stereocenters. The van der Waals surface area contributed by atoms with Crippen LogP contribution in [0.25, 0.3) is 5.57 Å². The van der Waals surface area contributed by atoms with Gasteiger partial charge in [-0.2, -0.15) is 0 Å². The summed E-state index contributed by atoms with van der Waals surface area (Å²) in [6.45, 7) is 2.11. The third-order valence-corrected chi connectivity index (χ3v) is 2.95. The van der Waals surface area contributed by atoms with E-state index in [0.29, 0.717) is 0 Å². The molecule has 0 spiro atoms. The molecular formula is C18H16. The van der Waals surface area contributed by atoms with E-state index in [2.05, 4.69) is 49.2 Å². The standard InChI is InChI=1S/C18H16/c1-3-18(17-12-8-5-9-13-17)15(2)14-16-10-6-4-7-11-16/h1,4-13H,14H2,2H3/b18-15-. The predicted molar refractivity (Wildman–Crippen MR) is 78.0 cm³/mol. The van der Waals surface area contributed by atoms with Crippen LogP contribution >= 0.6 is 0 Å². The van der Waals surface area contributed by atoms with E-state index in [4.69, 9.17) is 6.42 Å². The van der Waals surface area contributed by atoms with Crippen LogP contribution in [-0.4, -0.2) is 0 Å². The summed E-state index contributed by atoms with van der Waals surface area (Å²) in [6, 6.07) is 20.6. The fraction of sp³-hybridized carbons (Fsp3) is 0.111. The number of hydrogen-bond donors (Lipinski definition) is 0. The SMILES string of the molecule is C#C/C(=C(\C)Cc1ccccc1)c1ccccc1. The van der Waals surface area contributed by atoms with E-state index in [0.717, 1.165) is 17.6 Å². The Balaban J connectivity index is 2.31. The van der Waals surface area contributed by atoms with Crippen LogP contribution in [0.15, 0.2) is 66.2 Å². The number of hydrogen-bond acceptors (Lipinski definition) is 0. The number of allylic oxidation sites excluding steroid dienone is 2. The Hall–Kier alpha value is -2.26. The highest BCUT2D eigenvalue weighted by molar-refractivity contribution is 5.80. The summed E-state index contributed by atoms with van der Waals surface area (Å²) in [5.41, 5.74) is 4.64. The van der Waals surface area contributed by atoms with E-state index in [-0.39, 0.29) is 0 Å². The summed E-state index contributed by atoms with van der Waals surface area (Å²) < 4.78 is 0. The van der Waals surface area contributed by atoms with Crippen molar-refractivity contribution in [2.24, 2.45) is 0 Å². The molecule has 0 heterocycles. The quantitative estimate of drug-likeness (QED) is 0.691. The molecule has 0 aliphatic heterocycles. The van der Waals surface area contributed by atoms with Crippen molar-refractivity contribution in [2.45, 2.75) is 13.3 Å². The summed E-state index contributed by atoms with van der Waals surface area (Å²) in [5, 5.41) is 0. The molecule has 0 radical (unpaired) electrons. The van der Waals surface area contributed by atoms with Gasteiger partial charge in [-0.25, -0.2) is 0 Å². The maximum atomic E-state index is 5.65. The molecule has 88 valence electrons. The van der Waals surface area contributed by atoms with Crippen LogP contribution in [0.3, 0.4) is 0 Å². The summed E-state index contributed by atoms with van der Waals surface area (Å²) in [4.78, 5) is 0. The lowest BCUT2D eigenvalue weighted by Crippen LogP contribution is -1.92.